The lowest BCUT2D eigenvalue weighted by Crippen LogP contribution is -2.21. The Labute approximate surface area is 123 Å². The third-order valence-corrected chi connectivity index (χ3v) is 4.47. The molecule has 0 spiro atoms. The van der Waals surface area contributed by atoms with Gasteiger partial charge in [-0.15, -0.1) is 0 Å². The Morgan fingerprint density at radius 2 is 2.16 bits per heavy atom. The van der Waals surface area contributed by atoms with Crippen molar-refractivity contribution in [3.05, 3.63) is 11.9 Å². The van der Waals surface area contributed by atoms with E-state index >= 15 is 0 Å². The number of carboxylic acid groups (broad SMARTS) is 1. The van der Waals surface area contributed by atoms with Crippen molar-refractivity contribution >= 4 is 29.5 Å². The van der Waals surface area contributed by atoms with Crippen LogP contribution >= 0.6 is 23.5 Å². The fourth-order valence-corrected chi connectivity index (χ4v) is 3.30. The van der Waals surface area contributed by atoms with E-state index in [-0.39, 0.29) is 11.2 Å². The summed E-state index contributed by atoms with van der Waals surface area (Å²) in [6, 6.07) is 0.308. The zero-order chi connectivity index (χ0) is 14.6. The molecule has 19 heavy (non-hydrogen) atoms. The Morgan fingerprint density at radius 1 is 1.53 bits per heavy atom. The highest BCUT2D eigenvalue weighted by Gasteiger charge is 2.24. The van der Waals surface area contributed by atoms with Crippen molar-refractivity contribution < 1.29 is 9.90 Å². The standard InChI is InChI=1S/C13H22N2O2S2/c1-9(7-18-5)15-10(13(2,3)4)6-14-12(15)19-8-11(16)17/h6,9H,7-8H2,1-5H3,(H,16,17). The van der Waals surface area contributed by atoms with Crippen LogP contribution in [0.3, 0.4) is 0 Å². The molecule has 1 aromatic rings. The molecule has 0 bridgehead atoms. The summed E-state index contributed by atoms with van der Waals surface area (Å²) in [6.07, 6.45) is 3.95. The summed E-state index contributed by atoms with van der Waals surface area (Å²) in [5.41, 5.74) is 1.16. The highest BCUT2D eigenvalue weighted by atomic mass is 32.2. The lowest BCUT2D eigenvalue weighted by Gasteiger charge is -2.25. The quantitative estimate of drug-likeness (QED) is 0.817. The molecule has 108 valence electrons. The van der Waals surface area contributed by atoms with Crippen LogP contribution in [0.5, 0.6) is 0 Å². The second kappa shape index (κ2) is 6.70. The normalized spacial score (nSPS) is 13.5. The molecule has 0 amide bonds. The van der Waals surface area contributed by atoms with Gasteiger partial charge in [-0.25, -0.2) is 4.98 Å². The molecule has 6 heteroatoms. The number of carbonyl (C=O) groups is 1. The number of aliphatic carboxylic acids is 1. The SMILES string of the molecule is CSCC(C)n1c(C(C)(C)C)cnc1SCC(=O)O. The Kier molecular flexibility index (Phi) is 5.80. The number of hydrogen-bond acceptors (Lipinski definition) is 4. The number of thioether (sulfide) groups is 2. The molecular weight excluding hydrogens is 280 g/mol. The van der Waals surface area contributed by atoms with Crippen LogP contribution < -0.4 is 0 Å². The largest absolute Gasteiger partial charge is 0.481 e. The van der Waals surface area contributed by atoms with Gasteiger partial charge in [-0.2, -0.15) is 11.8 Å². The smallest absolute Gasteiger partial charge is 0.313 e. The first kappa shape index (κ1) is 16.4. The fraction of sp³-hybridized carbons (Fsp3) is 0.692. The van der Waals surface area contributed by atoms with E-state index in [1.807, 2.05) is 6.20 Å². The maximum Gasteiger partial charge on any atom is 0.313 e. The molecule has 1 aromatic heterocycles. The Hall–Kier alpha value is -0.620. The number of nitrogens with zero attached hydrogens (tertiary/aromatic N) is 2. The van der Waals surface area contributed by atoms with Gasteiger partial charge in [-0.05, 0) is 13.2 Å². The van der Waals surface area contributed by atoms with Gasteiger partial charge in [0.25, 0.3) is 0 Å². The van der Waals surface area contributed by atoms with Crippen molar-refractivity contribution in [3.63, 3.8) is 0 Å². The highest BCUT2D eigenvalue weighted by molar-refractivity contribution is 7.99. The molecule has 0 aliphatic heterocycles. The molecule has 1 heterocycles. The van der Waals surface area contributed by atoms with E-state index in [9.17, 15) is 4.79 Å². The summed E-state index contributed by atoms with van der Waals surface area (Å²) in [4.78, 5) is 15.1. The van der Waals surface area contributed by atoms with Gasteiger partial charge in [-0.3, -0.25) is 4.79 Å². The zero-order valence-electron chi connectivity index (χ0n) is 12.1. The molecule has 1 atom stereocenters. The minimum Gasteiger partial charge on any atom is -0.481 e. The number of imidazole rings is 1. The third-order valence-electron chi connectivity index (χ3n) is 2.70. The number of aromatic nitrogens is 2. The summed E-state index contributed by atoms with van der Waals surface area (Å²) in [5, 5.41) is 9.61. The third kappa shape index (κ3) is 4.45. The predicted octanol–water partition coefficient (Wildman–Crippen LogP) is 3.28. The minimum absolute atomic E-state index is 0.00169. The van der Waals surface area contributed by atoms with E-state index in [1.54, 1.807) is 11.8 Å². The first-order valence-corrected chi connectivity index (χ1v) is 8.56. The Bertz CT molecular complexity index is 438. The van der Waals surface area contributed by atoms with Gasteiger partial charge in [0.05, 0.1) is 5.75 Å². The van der Waals surface area contributed by atoms with Gasteiger partial charge < -0.3 is 9.67 Å². The maximum atomic E-state index is 10.7. The zero-order valence-corrected chi connectivity index (χ0v) is 13.8. The average molecular weight is 302 g/mol. The van der Waals surface area contributed by atoms with Gasteiger partial charge >= 0.3 is 5.97 Å². The summed E-state index contributed by atoms with van der Waals surface area (Å²) in [6.45, 7) is 8.60. The van der Waals surface area contributed by atoms with Gasteiger partial charge in [-0.1, -0.05) is 32.5 Å². The number of carboxylic acids is 1. The van der Waals surface area contributed by atoms with Gasteiger partial charge in [0, 0.05) is 29.1 Å². The van der Waals surface area contributed by atoms with E-state index in [1.165, 1.54) is 11.8 Å². The molecule has 0 aliphatic carbocycles. The highest BCUT2D eigenvalue weighted by Crippen LogP contribution is 2.31. The van der Waals surface area contributed by atoms with Gasteiger partial charge in [0.15, 0.2) is 5.16 Å². The van der Waals surface area contributed by atoms with E-state index in [4.69, 9.17) is 5.11 Å². The molecule has 0 aliphatic rings. The molecule has 1 unspecified atom stereocenters. The summed E-state index contributed by atoms with van der Waals surface area (Å²) < 4.78 is 2.18. The van der Waals surface area contributed by atoms with Crippen LogP contribution in [0.4, 0.5) is 0 Å². The first-order valence-electron chi connectivity index (χ1n) is 6.18. The van der Waals surface area contributed by atoms with Crippen LogP contribution in [0, 0.1) is 0 Å². The topological polar surface area (TPSA) is 55.1 Å². The van der Waals surface area contributed by atoms with Gasteiger partial charge in [0.2, 0.25) is 0 Å². The average Bonchev–Trinajstić information content (AvgIpc) is 2.69. The molecule has 0 aromatic carbocycles. The van der Waals surface area contributed by atoms with Crippen molar-refractivity contribution in [2.45, 2.75) is 44.3 Å². The summed E-state index contributed by atoms with van der Waals surface area (Å²) >= 11 is 3.08. The van der Waals surface area contributed by atoms with Gasteiger partial charge in [0.1, 0.15) is 0 Å². The number of rotatable bonds is 6. The number of hydrogen-bond donors (Lipinski definition) is 1. The lowest BCUT2D eigenvalue weighted by molar-refractivity contribution is -0.133. The van der Waals surface area contributed by atoms with Crippen LogP contribution in [0.2, 0.25) is 0 Å². The van der Waals surface area contributed by atoms with Crippen molar-refractivity contribution in [2.24, 2.45) is 0 Å². The molecule has 0 saturated heterocycles. The van der Waals surface area contributed by atoms with Crippen LogP contribution in [0.1, 0.15) is 39.4 Å². The summed E-state index contributed by atoms with van der Waals surface area (Å²) in [7, 11) is 0. The van der Waals surface area contributed by atoms with Crippen molar-refractivity contribution in [3.8, 4) is 0 Å². The minimum atomic E-state index is -0.811. The predicted molar refractivity (Wildman–Crippen MR) is 82.4 cm³/mol. The Balaban J connectivity index is 3.10. The second-order valence-electron chi connectivity index (χ2n) is 5.53. The van der Waals surface area contributed by atoms with Crippen LogP contribution in [0.15, 0.2) is 11.4 Å². The summed E-state index contributed by atoms with van der Waals surface area (Å²) in [5.74, 6) is 0.224. The molecule has 1 N–H and O–H groups in total. The van der Waals surface area contributed by atoms with E-state index in [0.717, 1.165) is 16.6 Å². The van der Waals surface area contributed by atoms with E-state index < -0.39 is 5.97 Å². The van der Waals surface area contributed by atoms with Crippen molar-refractivity contribution in [1.82, 2.24) is 9.55 Å². The maximum absolute atomic E-state index is 10.7. The van der Waals surface area contributed by atoms with E-state index in [2.05, 4.69) is 43.5 Å². The van der Waals surface area contributed by atoms with Crippen LogP contribution in [-0.2, 0) is 10.2 Å². The Morgan fingerprint density at radius 3 is 2.63 bits per heavy atom. The van der Waals surface area contributed by atoms with Crippen molar-refractivity contribution in [1.29, 1.82) is 0 Å². The lowest BCUT2D eigenvalue weighted by atomic mass is 9.92. The monoisotopic (exact) mass is 302 g/mol. The molecule has 4 nitrogen and oxygen atoms in total. The molecular formula is C13H22N2O2S2. The second-order valence-corrected chi connectivity index (χ2v) is 7.39. The van der Waals surface area contributed by atoms with Crippen LogP contribution in [-0.4, -0.2) is 38.4 Å². The molecule has 0 fully saturated rings. The van der Waals surface area contributed by atoms with Crippen LogP contribution in [0.25, 0.3) is 0 Å². The molecule has 0 radical (unpaired) electrons. The van der Waals surface area contributed by atoms with E-state index in [0.29, 0.717) is 6.04 Å². The first-order chi connectivity index (χ1) is 8.77. The molecule has 0 saturated carbocycles. The molecule has 1 rings (SSSR count). The van der Waals surface area contributed by atoms with Crippen molar-refractivity contribution in [2.75, 3.05) is 17.8 Å². The fourth-order valence-electron chi connectivity index (χ4n) is 1.87.